The molecule has 0 spiro atoms. The molecule has 0 saturated heterocycles. The molecule has 35 heavy (non-hydrogen) atoms. The molecule has 1 fully saturated rings. The zero-order valence-electron chi connectivity index (χ0n) is 19.7. The first-order valence-electron chi connectivity index (χ1n) is 11.9. The van der Waals surface area contributed by atoms with Gasteiger partial charge in [0, 0.05) is 12.1 Å². The number of aromatic nitrogens is 2. The van der Waals surface area contributed by atoms with E-state index in [0.717, 1.165) is 23.1 Å². The smallest absolute Gasteiger partial charge is 0.412 e. The molecule has 1 heterocycles. The summed E-state index contributed by atoms with van der Waals surface area (Å²) in [6.45, 7) is 2.29. The van der Waals surface area contributed by atoms with Crippen molar-refractivity contribution in [2.45, 2.75) is 51.3 Å². The fourth-order valence-corrected chi connectivity index (χ4v) is 3.78. The highest BCUT2D eigenvalue weighted by Crippen LogP contribution is 2.33. The molecule has 3 aromatic rings. The van der Waals surface area contributed by atoms with Gasteiger partial charge >= 0.3 is 12.1 Å². The molecule has 182 valence electrons. The predicted octanol–water partition coefficient (Wildman–Crippen LogP) is 5.19. The number of ether oxygens (including phenoxy) is 1. The van der Waals surface area contributed by atoms with Crippen molar-refractivity contribution < 1.29 is 19.4 Å². The number of hydrogen-bond acceptors (Lipinski definition) is 6. The summed E-state index contributed by atoms with van der Waals surface area (Å²) >= 11 is 0. The van der Waals surface area contributed by atoms with E-state index in [-0.39, 0.29) is 6.10 Å². The van der Waals surface area contributed by atoms with E-state index in [2.05, 4.69) is 20.6 Å². The Morgan fingerprint density at radius 2 is 1.74 bits per heavy atom. The van der Waals surface area contributed by atoms with Crippen molar-refractivity contribution >= 4 is 17.7 Å². The van der Waals surface area contributed by atoms with Crippen molar-refractivity contribution in [3.8, 4) is 11.4 Å². The van der Waals surface area contributed by atoms with Crippen LogP contribution in [0.25, 0.3) is 11.4 Å². The maximum atomic E-state index is 12.2. The number of nitrogens with one attached hydrogen (secondary N) is 2. The third-order valence-electron chi connectivity index (χ3n) is 6.07. The van der Waals surface area contributed by atoms with Gasteiger partial charge in [-0.25, -0.2) is 14.8 Å². The number of nitrogens with zero attached hydrogens (tertiary/aromatic N) is 2. The monoisotopic (exact) mass is 474 g/mol. The number of carbonyl (C=O) groups excluding carboxylic acids is 1. The quantitative estimate of drug-likeness (QED) is 0.351. The van der Waals surface area contributed by atoms with E-state index >= 15 is 0 Å². The van der Waals surface area contributed by atoms with Crippen LogP contribution in [0.15, 0.2) is 67.0 Å². The predicted molar refractivity (Wildman–Crippen MR) is 133 cm³/mol. The van der Waals surface area contributed by atoms with Crippen LogP contribution in [-0.4, -0.2) is 33.2 Å². The molecule has 8 nitrogen and oxygen atoms in total. The maximum absolute atomic E-state index is 12.2. The minimum Gasteiger partial charge on any atom is -0.480 e. The summed E-state index contributed by atoms with van der Waals surface area (Å²) in [5.41, 5.74) is 3.15. The summed E-state index contributed by atoms with van der Waals surface area (Å²) in [7, 11) is 0. The fourth-order valence-electron chi connectivity index (χ4n) is 3.78. The molecule has 1 aliphatic rings. The molecule has 3 N–H and O–H groups in total. The topological polar surface area (TPSA) is 113 Å². The SMILES string of the molecule is CC(OC(=O)Nc1cnc(-c2ccc(CNC(CCC3CC3)C(=O)O)cc2)nc1)c1ccccc1. The summed E-state index contributed by atoms with van der Waals surface area (Å²) < 4.78 is 5.40. The molecule has 2 atom stereocenters. The van der Waals surface area contributed by atoms with Crippen LogP contribution in [0.1, 0.15) is 49.8 Å². The third-order valence-corrected chi connectivity index (χ3v) is 6.07. The van der Waals surface area contributed by atoms with Gasteiger partial charge < -0.3 is 15.2 Å². The number of anilines is 1. The Labute approximate surface area is 204 Å². The number of carbonyl (C=O) groups is 2. The van der Waals surface area contributed by atoms with Crippen LogP contribution in [0.2, 0.25) is 0 Å². The number of aliphatic carboxylic acids is 1. The van der Waals surface area contributed by atoms with Gasteiger partial charge in [0.15, 0.2) is 5.82 Å². The lowest BCUT2D eigenvalue weighted by Gasteiger charge is -2.14. The molecule has 1 saturated carbocycles. The number of carboxylic acids is 1. The number of amides is 1. The largest absolute Gasteiger partial charge is 0.480 e. The van der Waals surface area contributed by atoms with Crippen molar-refractivity contribution in [1.29, 1.82) is 0 Å². The minimum atomic E-state index is -0.803. The number of rotatable bonds is 11. The second-order valence-electron chi connectivity index (χ2n) is 8.87. The molecule has 1 aliphatic carbocycles. The van der Waals surface area contributed by atoms with E-state index < -0.39 is 18.1 Å². The molecular formula is C27H30N4O4. The maximum Gasteiger partial charge on any atom is 0.412 e. The van der Waals surface area contributed by atoms with Crippen LogP contribution in [-0.2, 0) is 16.1 Å². The molecule has 0 bridgehead atoms. The Morgan fingerprint density at radius 1 is 1.06 bits per heavy atom. The van der Waals surface area contributed by atoms with Gasteiger partial charge in [-0.15, -0.1) is 0 Å². The average Bonchev–Trinajstić information content (AvgIpc) is 3.70. The van der Waals surface area contributed by atoms with Gasteiger partial charge in [0.1, 0.15) is 12.1 Å². The van der Waals surface area contributed by atoms with Gasteiger partial charge in [0.2, 0.25) is 0 Å². The molecule has 2 aromatic carbocycles. The van der Waals surface area contributed by atoms with E-state index in [1.54, 1.807) is 0 Å². The van der Waals surface area contributed by atoms with Gasteiger partial charge in [-0.2, -0.15) is 0 Å². The third kappa shape index (κ3) is 7.35. The van der Waals surface area contributed by atoms with Crippen molar-refractivity contribution in [2.75, 3.05) is 5.32 Å². The van der Waals surface area contributed by atoms with Gasteiger partial charge in [-0.05, 0) is 36.8 Å². The van der Waals surface area contributed by atoms with Crippen LogP contribution in [0.4, 0.5) is 10.5 Å². The van der Waals surface area contributed by atoms with Crippen molar-refractivity contribution in [3.63, 3.8) is 0 Å². The van der Waals surface area contributed by atoms with E-state index in [9.17, 15) is 14.7 Å². The zero-order chi connectivity index (χ0) is 24.6. The summed E-state index contributed by atoms with van der Waals surface area (Å²) in [4.78, 5) is 32.4. The Kier molecular flexibility index (Phi) is 8.05. The van der Waals surface area contributed by atoms with Gasteiger partial charge in [0.25, 0.3) is 0 Å². The average molecular weight is 475 g/mol. The first-order valence-corrected chi connectivity index (χ1v) is 11.9. The number of hydrogen-bond donors (Lipinski definition) is 3. The zero-order valence-corrected chi connectivity index (χ0v) is 19.7. The molecule has 4 rings (SSSR count). The second kappa shape index (κ2) is 11.6. The molecule has 1 amide bonds. The molecule has 2 unspecified atom stereocenters. The van der Waals surface area contributed by atoms with Crippen molar-refractivity contribution in [1.82, 2.24) is 15.3 Å². The summed E-state index contributed by atoms with van der Waals surface area (Å²) in [5.74, 6) is 0.430. The summed E-state index contributed by atoms with van der Waals surface area (Å²) in [5, 5.41) is 15.2. The highest BCUT2D eigenvalue weighted by molar-refractivity contribution is 5.84. The van der Waals surface area contributed by atoms with Crippen LogP contribution in [0, 0.1) is 5.92 Å². The number of benzene rings is 2. The Morgan fingerprint density at radius 3 is 2.37 bits per heavy atom. The molecule has 0 aliphatic heterocycles. The Bertz CT molecular complexity index is 1120. The molecule has 8 heteroatoms. The second-order valence-corrected chi connectivity index (χ2v) is 8.87. The highest BCUT2D eigenvalue weighted by Gasteiger charge is 2.25. The van der Waals surface area contributed by atoms with E-state index in [1.807, 2.05) is 61.5 Å². The van der Waals surface area contributed by atoms with Crippen molar-refractivity contribution in [2.24, 2.45) is 5.92 Å². The lowest BCUT2D eigenvalue weighted by atomic mass is 10.1. The Balaban J connectivity index is 1.27. The summed E-state index contributed by atoms with van der Waals surface area (Å²) in [6, 6.07) is 16.6. The summed E-state index contributed by atoms with van der Waals surface area (Å²) in [6.07, 6.45) is 6.18. The van der Waals surface area contributed by atoms with Crippen LogP contribution < -0.4 is 10.6 Å². The lowest BCUT2D eigenvalue weighted by molar-refractivity contribution is -0.139. The first-order chi connectivity index (χ1) is 17.0. The first kappa shape index (κ1) is 24.3. The normalized spacial score (nSPS) is 14.7. The molecule has 0 radical (unpaired) electrons. The fraction of sp³-hybridized carbons (Fsp3) is 0.333. The van der Waals surface area contributed by atoms with Crippen LogP contribution in [0.3, 0.4) is 0 Å². The minimum absolute atomic E-state index is 0.381. The van der Waals surface area contributed by atoms with E-state index in [0.29, 0.717) is 30.4 Å². The van der Waals surface area contributed by atoms with Crippen LogP contribution >= 0.6 is 0 Å². The van der Waals surface area contributed by atoms with Crippen molar-refractivity contribution in [3.05, 3.63) is 78.1 Å². The molecule has 1 aromatic heterocycles. The van der Waals surface area contributed by atoms with E-state index in [1.165, 1.54) is 25.2 Å². The standard InChI is InChI=1S/C27H30N4O4/c1-18(21-5-3-2-4-6-21)35-27(34)31-23-16-29-25(30-17-23)22-12-9-20(10-13-22)15-28-24(26(32)33)14-11-19-7-8-19/h2-6,9-10,12-13,16-19,24,28H,7-8,11,14-15H2,1H3,(H,31,34)(H,32,33). The highest BCUT2D eigenvalue weighted by atomic mass is 16.6. The Hall–Kier alpha value is -3.78. The van der Waals surface area contributed by atoms with Gasteiger partial charge in [-0.3, -0.25) is 10.1 Å². The van der Waals surface area contributed by atoms with Gasteiger partial charge in [0.05, 0.1) is 18.1 Å². The number of carboxylic acid groups (broad SMARTS) is 1. The lowest BCUT2D eigenvalue weighted by Crippen LogP contribution is -2.36. The van der Waals surface area contributed by atoms with Crippen LogP contribution in [0.5, 0.6) is 0 Å². The van der Waals surface area contributed by atoms with E-state index in [4.69, 9.17) is 4.74 Å². The van der Waals surface area contributed by atoms with Gasteiger partial charge in [-0.1, -0.05) is 67.4 Å². The molecular weight excluding hydrogens is 444 g/mol.